The van der Waals surface area contributed by atoms with E-state index in [9.17, 15) is 4.79 Å². The topological polar surface area (TPSA) is 44.8 Å². The smallest absolute Gasteiger partial charge is 0.321 e. The molecule has 0 aliphatic heterocycles. The van der Waals surface area contributed by atoms with E-state index in [0.717, 1.165) is 11.3 Å². The number of hydrogen-bond donors (Lipinski definition) is 0. The maximum Gasteiger partial charge on any atom is 0.321 e. The Bertz CT molecular complexity index is 504. The lowest BCUT2D eigenvalue weighted by atomic mass is 10.1. The predicted molar refractivity (Wildman–Crippen MR) is 94.4 cm³/mol. The van der Waals surface area contributed by atoms with Crippen molar-refractivity contribution in [3.8, 4) is 5.75 Å². The van der Waals surface area contributed by atoms with E-state index < -0.39 is 22.7 Å². The first-order chi connectivity index (χ1) is 10.00. The molecule has 0 saturated carbocycles. The zero-order valence-corrected chi connectivity index (χ0v) is 16.7. The molecule has 0 aromatic heterocycles. The van der Waals surface area contributed by atoms with Crippen molar-refractivity contribution in [3.63, 3.8) is 0 Å². The third-order valence-corrected chi connectivity index (χ3v) is 4.53. The summed E-state index contributed by atoms with van der Waals surface area (Å²) in [7, 11) is -2.15. The van der Waals surface area contributed by atoms with E-state index in [4.69, 9.17) is 13.6 Å². The van der Waals surface area contributed by atoms with Gasteiger partial charge in [0.2, 0.25) is 8.32 Å². The van der Waals surface area contributed by atoms with Crippen LogP contribution in [0.25, 0.3) is 0 Å². The van der Waals surface area contributed by atoms with Crippen molar-refractivity contribution in [1.82, 2.24) is 0 Å². The van der Waals surface area contributed by atoms with Crippen molar-refractivity contribution < 1.29 is 18.4 Å². The van der Waals surface area contributed by atoms with Gasteiger partial charge in [0.1, 0.15) is 11.9 Å². The van der Waals surface area contributed by atoms with E-state index in [2.05, 4.69) is 19.6 Å². The molecule has 1 atom stereocenters. The van der Waals surface area contributed by atoms with Gasteiger partial charge < -0.3 is 13.6 Å². The van der Waals surface area contributed by atoms with E-state index in [1.807, 2.05) is 43.9 Å². The highest BCUT2D eigenvalue weighted by molar-refractivity contribution is 6.71. The van der Waals surface area contributed by atoms with Crippen LogP contribution in [0.3, 0.4) is 0 Å². The second-order valence-corrected chi connectivity index (χ2v) is 16.2. The second kappa shape index (κ2) is 7.43. The molecule has 0 bridgehead atoms. The Kier molecular flexibility index (Phi) is 6.40. The van der Waals surface area contributed by atoms with Crippen molar-refractivity contribution in [2.45, 2.75) is 51.8 Å². The average Bonchev–Trinajstić information content (AvgIpc) is 2.34. The summed E-state index contributed by atoms with van der Waals surface area (Å²) in [5.74, 6) is 0.534. The Morgan fingerprint density at radius 1 is 1.09 bits per heavy atom. The van der Waals surface area contributed by atoms with Gasteiger partial charge in [-0.15, -0.1) is 0 Å². The fraction of sp³-hybridized carbons (Fsp3) is 0.562. The molecule has 1 aromatic carbocycles. The molecule has 6 heteroatoms. The Morgan fingerprint density at radius 3 is 2.23 bits per heavy atom. The molecule has 0 aliphatic rings. The van der Waals surface area contributed by atoms with Crippen LogP contribution in [0.5, 0.6) is 5.75 Å². The van der Waals surface area contributed by atoms with Crippen molar-refractivity contribution in [1.29, 1.82) is 0 Å². The van der Waals surface area contributed by atoms with Gasteiger partial charge in [0.05, 0.1) is 7.11 Å². The van der Waals surface area contributed by atoms with Crippen LogP contribution in [0.4, 0.5) is 0 Å². The lowest BCUT2D eigenvalue weighted by Crippen LogP contribution is -2.42. The summed E-state index contributed by atoms with van der Waals surface area (Å²) < 4.78 is 16.9. The zero-order valence-electron chi connectivity index (χ0n) is 14.7. The lowest BCUT2D eigenvalue weighted by molar-refractivity contribution is -0.143. The van der Waals surface area contributed by atoms with Gasteiger partial charge in [-0.05, 0) is 57.0 Å². The monoisotopic (exact) mass is 340 g/mol. The van der Waals surface area contributed by atoms with Gasteiger partial charge in [-0.3, -0.25) is 4.79 Å². The molecular weight excluding hydrogens is 312 g/mol. The molecule has 0 heterocycles. The molecule has 0 aliphatic carbocycles. The van der Waals surface area contributed by atoms with Gasteiger partial charge in [-0.2, -0.15) is 0 Å². The van der Waals surface area contributed by atoms with Crippen LogP contribution in [0, 0.1) is 0 Å². The normalized spacial score (nSPS) is 13.6. The maximum atomic E-state index is 12.5. The SMILES string of the molecule is COc1cccc(CC(O[Si](C)(C)C)C(=O)O[Si](C)(C)C)c1. The van der Waals surface area contributed by atoms with Gasteiger partial charge in [-0.25, -0.2) is 0 Å². The molecule has 4 nitrogen and oxygen atoms in total. The molecule has 0 fully saturated rings. The summed E-state index contributed by atoms with van der Waals surface area (Å²) in [6.45, 7) is 12.2. The molecule has 22 heavy (non-hydrogen) atoms. The Hall–Kier alpha value is -1.12. The summed E-state index contributed by atoms with van der Waals surface area (Å²) >= 11 is 0. The van der Waals surface area contributed by atoms with Crippen LogP contribution in [-0.4, -0.2) is 35.8 Å². The number of methoxy groups -OCH3 is 1. The van der Waals surface area contributed by atoms with Gasteiger partial charge in [0.15, 0.2) is 8.32 Å². The van der Waals surface area contributed by atoms with E-state index in [1.54, 1.807) is 7.11 Å². The van der Waals surface area contributed by atoms with Crippen LogP contribution in [0.1, 0.15) is 5.56 Å². The van der Waals surface area contributed by atoms with Crippen molar-refractivity contribution in [2.24, 2.45) is 0 Å². The molecule has 0 saturated heterocycles. The number of ether oxygens (including phenoxy) is 1. The first kappa shape index (κ1) is 18.9. The molecular formula is C16H28O4Si2. The maximum absolute atomic E-state index is 12.5. The van der Waals surface area contributed by atoms with Crippen LogP contribution >= 0.6 is 0 Å². The summed E-state index contributed by atoms with van der Waals surface area (Å²) in [4.78, 5) is 12.5. The molecule has 0 amide bonds. The average molecular weight is 341 g/mol. The van der Waals surface area contributed by atoms with Crippen LogP contribution in [0.2, 0.25) is 39.3 Å². The van der Waals surface area contributed by atoms with Crippen LogP contribution < -0.4 is 4.74 Å². The zero-order chi connectivity index (χ0) is 17.0. The summed E-state index contributed by atoms with van der Waals surface area (Å²) in [6.07, 6.45) is -0.0457. The molecule has 1 unspecified atom stereocenters. The summed E-state index contributed by atoms with van der Waals surface area (Å²) in [5, 5.41) is 0. The minimum atomic E-state index is -1.93. The molecule has 1 rings (SSSR count). The first-order valence-electron chi connectivity index (χ1n) is 7.54. The highest BCUT2D eigenvalue weighted by atomic mass is 28.4. The molecule has 1 aromatic rings. The number of carbonyl (C=O) groups is 1. The third-order valence-electron chi connectivity index (χ3n) is 2.72. The highest BCUT2D eigenvalue weighted by Crippen LogP contribution is 2.19. The minimum absolute atomic E-state index is 0.246. The fourth-order valence-corrected chi connectivity index (χ4v) is 3.75. The largest absolute Gasteiger partial charge is 0.518 e. The van der Waals surface area contributed by atoms with Gasteiger partial charge in [-0.1, -0.05) is 12.1 Å². The number of benzene rings is 1. The standard InChI is InChI=1S/C16H28O4Si2/c1-18-14-10-8-9-13(11-14)12-15(19-21(2,3)4)16(17)20-22(5,6)7/h8-11,15H,12H2,1-7H3. The van der Waals surface area contributed by atoms with Crippen molar-refractivity contribution in [2.75, 3.05) is 7.11 Å². The first-order valence-corrected chi connectivity index (χ1v) is 14.4. The van der Waals surface area contributed by atoms with E-state index in [-0.39, 0.29) is 5.97 Å². The molecule has 0 N–H and O–H groups in total. The minimum Gasteiger partial charge on any atom is -0.518 e. The third kappa shape index (κ3) is 7.24. The quantitative estimate of drug-likeness (QED) is 0.708. The Labute approximate surface area is 136 Å². The Morgan fingerprint density at radius 2 is 1.73 bits per heavy atom. The van der Waals surface area contributed by atoms with E-state index >= 15 is 0 Å². The number of rotatable bonds is 7. The van der Waals surface area contributed by atoms with Gasteiger partial charge >= 0.3 is 5.97 Å². The highest BCUT2D eigenvalue weighted by Gasteiger charge is 2.31. The van der Waals surface area contributed by atoms with E-state index in [0.29, 0.717) is 6.42 Å². The van der Waals surface area contributed by atoms with Gasteiger partial charge in [0, 0.05) is 6.42 Å². The summed E-state index contributed by atoms with van der Waals surface area (Å²) in [6, 6.07) is 7.72. The fourth-order valence-electron chi connectivity index (χ4n) is 1.98. The van der Waals surface area contributed by atoms with Crippen molar-refractivity contribution >= 4 is 22.6 Å². The second-order valence-electron chi connectivity index (χ2n) is 7.31. The van der Waals surface area contributed by atoms with E-state index in [1.165, 1.54) is 0 Å². The van der Waals surface area contributed by atoms with Crippen LogP contribution in [0.15, 0.2) is 24.3 Å². The molecule has 124 valence electrons. The molecule has 0 spiro atoms. The van der Waals surface area contributed by atoms with Gasteiger partial charge in [0.25, 0.3) is 0 Å². The van der Waals surface area contributed by atoms with Crippen molar-refractivity contribution in [3.05, 3.63) is 29.8 Å². The predicted octanol–water partition coefficient (Wildman–Crippen LogP) is 3.84. The lowest BCUT2D eigenvalue weighted by Gasteiger charge is -2.28. The number of carbonyl (C=O) groups excluding carboxylic acids is 1. The van der Waals surface area contributed by atoms with Crippen LogP contribution in [-0.2, 0) is 20.1 Å². The number of hydrogen-bond acceptors (Lipinski definition) is 4. The summed E-state index contributed by atoms with van der Waals surface area (Å²) in [5.41, 5.74) is 1.01. The Balaban J connectivity index is 2.92. The molecule has 0 radical (unpaired) electrons.